The van der Waals surface area contributed by atoms with E-state index >= 15 is 0 Å². The van der Waals surface area contributed by atoms with Crippen LogP contribution >= 0.6 is 7.75 Å². The van der Waals surface area contributed by atoms with Crippen molar-refractivity contribution >= 4 is 19.4 Å². The second kappa shape index (κ2) is 12.5. The van der Waals surface area contributed by atoms with Crippen molar-refractivity contribution in [3.8, 4) is 11.5 Å². The van der Waals surface area contributed by atoms with E-state index in [4.69, 9.17) is 13.8 Å². The van der Waals surface area contributed by atoms with Gasteiger partial charge in [0, 0.05) is 30.8 Å². The third-order valence-corrected chi connectivity index (χ3v) is 6.47. The van der Waals surface area contributed by atoms with Crippen LogP contribution in [-0.4, -0.2) is 47.1 Å². The van der Waals surface area contributed by atoms with Crippen LogP contribution in [0.15, 0.2) is 54.6 Å². The molecule has 0 aliphatic heterocycles. The summed E-state index contributed by atoms with van der Waals surface area (Å²) in [7, 11) is -4.13. The Hall–Kier alpha value is -2.94. The lowest BCUT2D eigenvalue weighted by molar-refractivity contribution is -0.384. The molecule has 0 aliphatic carbocycles. The summed E-state index contributed by atoms with van der Waals surface area (Å²) in [5.41, 5.74) is -0.145. The number of hydrogen-bond donors (Lipinski definition) is 1. The van der Waals surface area contributed by atoms with E-state index in [1.807, 2.05) is 0 Å². The first-order valence-electron chi connectivity index (χ1n) is 11.0. The fraction of sp³-hybridized carbons (Fsp3) is 0.435. The summed E-state index contributed by atoms with van der Waals surface area (Å²) in [6, 6.07) is 12.9. The monoisotopic (exact) mass is 493 g/mol. The quantitative estimate of drug-likeness (QED) is 0.181. The first-order valence-corrected chi connectivity index (χ1v) is 12.5. The van der Waals surface area contributed by atoms with Gasteiger partial charge >= 0.3 is 13.7 Å². The van der Waals surface area contributed by atoms with Crippen LogP contribution in [0.5, 0.6) is 11.5 Å². The normalized spacial score (nSPS) is 14.0. The molecule has 34 heavy (non-hydrogen) atoms. The Bertz CT molecular complexity index is 976. The molecule has 0 bridgehead atoms. The molecule has 11 heteroatoms. The SMILES string of the molecule is CC(C)N(CCOC(=O)[C@H](C)NP(=O)(Oc1ccccc1)Oc1ccc([N+](=O)[O-])cc1)C(C)C. The Morgan fingerprint density at radius 2 is 1.50 bits per heavy atom. The smallest absolute Gasteiger partial charge is 0.463 e. The van der Waals surface area contributed by atoms with Crippen LogP contribution < -0.4 is 14.1 Å². The topological polar surface area (TPSA) is 120 Å². The van der Waals surface area contributed by atoms with E-state index in [0.29, 0.717) is 18.6 Å². The molecule has 2 atom stereocenters. The lowest BCUT2D eigenvalue weighted by Crippen LogP contribution is -2.41. The number of non-ortho nitro benzene ring substituents is 1. The van der Waals surface area contributed by atoms with Crippen LogP contribution in [0.1, 0.15) is 34.6 Å². The second-order valence-electron chi connectivity index (χ2n) is 8.19. The van der Waals surface area contributed by atoms with Gasteiger partial charge in [0.1, 0.15) is 24.1 Å². The number of carbonyl (C=O) groups is 1. The third kappa shape index (κ3) is 8.44. The molecular weight excluding hydrogens is 461 g/mol. The molecule has 10 nitrogen and oxygen atoms in total. The number of esters is 1. The first kappa shape index (κ1) is 27.3. The lowest BCUT2D eigenvalue weighted by Gasteiger charge is -2.30. The van der Waals surface area contributed by atoms with Gasteiger partial charge in [-0.1, -0.05) is 18.2 Å². The highest BCUT2D eigenvalue weighted by Crippen LogP contribution is 2.45. The lowest BCUT2D eigenvalue weighted by atomic mass is 10.2. The molecular formula is C23H32N3O7P. The molecule has 0 saturated carbocycles. The van der Waals surface area contributed by atoms with Crippen molar-refractivity contribution in [3.63, 3.8) is 0 Å². The van der Waals surface area contributed by atoms with Gasteiger partial charge in [-0.05, 0) is 58.9 Å². The fourth-order valence-electron chi connectivity index (χ4n) is 3.24. The minimum Gasteiger partial charge on any atom is -0.463 e. The second-order valence-corrected chi connectivity index (χ2v) is 9.81. The highest BCUT2D eigenvalue weighted by atomic mass is 31.2. The van der Waals surface area contributed by atoms with Gasteiger partial charge in [0.05, 0.1) is 4.92 Å². The minimum atomic E-state index is -4.13. The fourth-order valence-corrected chi connectivity index (χ4v) is 4.76. The molecule has 0 fully saturated rings. The Labute approximate surface area is 199 Å². The van der Waals surface area contributed by atoms with E-state index in [-0.39, 0.29) is 23.8 Å². The van der Waals surface area contributed by atoms with Crippen molar-refractivity contribution in [1.82, 2.24) is 9.99 Å². The molecule has 186 valence electrons. The van der Waals surface area contributed by atoms with Crippen molar-refractivity contribution in [2.24, 2.45) is 0 Å². The van der Waals surface area contributed by atoms with Gasteiger partial charge in [0.15, 0.2) is 0 Å². The molecule has 1 unspecified atom stereocenters. The van der Waals surface area contributed by atoms with Crippen molar-refractivity contribution in [3.05, 3.63) is 64.7 Å². The van der Waals surface area contributed by atoms with Crippen LogP contribution in [0.2, 0.25) is 0 Å². The maximum atomic E-state index is 13.5. The Morgan fingerprint density at radius 3 is 2.00 bits per heavy atom. The van der Waals surface area contributed by atoms with Gasteiger partial charge < -0.3 is 13.8 Å². The van der Waals surface area contributed by atoms with Gasteiger partial charge in [-0.2, -0.15) is 5.09 Å². The van der Waals surface area contributed by atoms with E-state index in [2.05, 4.69) is 37.7 Å². The Balaban J connectivity index is 2.10. The molecule has 2 aromatic carbocycles. The summed E-state index contributed by atoms with van der Waals surface area (Å²) in [5, 5.41) is 13.5. The zero-order valence-corrected chi connectivity index (χ0v) is 20.9. The zero-order chi connectivity index (χ0) is 25.3. The highest BCUT2D eigenvalue weighted by Gasteiger charge is 2.34. The number of hydrogen-bond acceptors (Lipinski definition) is 8. The molecule has 1 N–H and O–H groups in total. The average Bonchev–Trinajstić information content (AvgIpc) is 2.76. The zero-order valence-electron chi connectivity index (χ0n) is 20.0. The van der Waals surface area contributed by atoms with Crippen LogP contribution in [0, 0.1) is 10.1 Å². The number of ether oxygens (including phenoxy) is 1. The predicted octanol–water partition coefficient (Wildman–Crippen LogP) is 4.80. The average molecular weight is 493 g/mol. The Kier molecular flexibility index (Phi) is 10.0. The predicted molar refractivity (Wildman–Crippen MR) is 129 cm³/mol. The summed E-state index contributed by atoms with van der Waals surface area (Å²) < 4.78 is 30.0. The molecule has 0 aromatic heterocycles. The van der Waals surface area contributed by atoms with Gasteiger partial charge in [-0.25, -0.2) is 4.57 Å². The number of para-hydroxylation sites is 1. The van der Waals surface area contributed by atoms with Crippen LogP contribution in [-0.2, 0) is 14.1 Å². The van der Waals surface area contributed by atoms with E-state index < -0.39 is 24.7 Å². The standard InChI is InChI=1S/C23H32N3O7P/c1-17(2)25(18(3)4)15-16-31-23(27)19(5)24-34(30,32-21-9-7-6-8-10-21)33-22-13-11-20(12-14-22)26(28)29/h6-14,17-19H,15-16H2,1-5H3,(H,24,30)/t19-,34?/m0/s1. The van der Waals surface area contributed by atoms with E-state index in [9.17, 15) is 19.5 Å². The van der Waals surface area contributed by atoms with E-state index in [1.54, 1.807) is 30.3 Å². The molecule has 0 aliphatic rings. The van der Waals surface area contributed by atoms with Crippen molar-refractivity contribution in [1.29, 1.82) is 0 Å². The van der Waals surface area contributed by atoms with E-state index in [1.165, 1.54) is 31.2 Å². The van der Waals surface area contributed by atoms with Crippen LogP contribution in [0.25, 0.3) is 0 Å². The van der Waals surface area contributed by atoms with Gasteiger partial charge in [0.2, 0.25) is 0 Å². The largest absolute Gasteiger partial charge is 0.513 e. The van der Waals surface area contributed by atoms with Gasteiger partial charge in [0.25, 0.3) is 5.69 Å². The highest BCUT2D eigenvalue weighted by molar-refractivity contribution is 7.52. The van der Waals surface area contributed by atoms with Crippen LogP contribution in [0.4, 0.5) is 5.69 Å². The third-order valence-electron chi connectivity index (χ3n) is 4.87. The number of carbonyl (C=O) groups excluding carboxylic acids is 1. The first-order chi connectivity index (χ1) is 16.0. The minimum absolute atomic E-state index is 0.0717. The molecule has 2 aromatic rings. The number of rotatable bonds is 13. The summed E-state index contributed by atoms with van der Waals surface area (Å²) in [6.45, 7) is 10.5. The molecule has 0 spiro atoms. The molecule has 0 radical (unpaired) electrons. The molecule has 0 saturated heterocycles. The van der Waals surface area contributed by atoms with Crippen molar-refractivity contribution in [2.75, 3.05) is 13.2 Å². The maximum absolute atomic E-state index is 13.5. The van der Waals surface area contributed by atoms with Crippen molar-refractivity contribution in [2.45, 2.75) is 52.7 Å². The maximum Gasteiger partial charge on any atom is 0.513 e. The van der Waals surface area contributed by atoms with Crippen LogP contribution in [0.3, 0.4) is 0 Å². The van der Waals surface area contributed by atoms with Gasteiger partial charge in [-0.3, -0.25) is 19.8 Å². The van der Waals surface area contributed by atoms with Gasteiger partial charge in [-0.15, -0.1) is 0 Å². The summed E-state index contributed by atoms with van der Waals surface area (Å²) >= 11 is 0. The molecule has 0 amide bonds. The molecule has 2 rings (SSSR count). The Morgan fingerprint density at radius 1 is 0.971 bits per heavy atom. The molecule has 0 heterocycles. The summed E-state index contributed by atoms with van der Waals surface area (Å²) in [6.07, 6.45) is 0. The number of nitrogens with zero attached hydrogens (tertiary/aromatic N) is 2. The van der Waals surface area contributed by atoms with Crippen molar-refractivity contribution < 1.29 is 28.1 Å². The number of nitro benzene ring substituents is 1. The number of nitrogens with one attached hydrogen (secondary N) is 1. The summed E-state index contributed by atoms with van der Waals surface area (Å²) in [5.74, 6) is -0.288. The van der Waals surface area contributed by atoms with E-state index in [0.717, 1.165) is 0 Å². The number of benzene rings is 2. The number of nitro groups is 1. The summed E-state index contributed by atoms with van der Waals surface area (Å²) in [4.78, 5) is 25.1.